The number of ketones is 1. The molecule has 15 heavy (non-hydrogen) atoms. The standard InChI is InChI=1S/C11H8O4/c12-9-6-2-1-3-7(10(13)14)8(6)15-11(9)4-5-11/h1-3H,4-5H2,(H,13,14). The number of fused-ring (bicyclic) bond motifs is 1. The van der Waals surface area contributed by atoms with Crippen molar-refractivity contribution < 1.29 is 19.4 Å². The summed E-state index contributed by atoms with van der Waals surface area (Å²) in [5.41, 5.74) is -0.231. The molecule has 0 aromatic heterocycles. The van der Waals surface area contributed by atoms with E-state index in [1.807, 2.05) is 0 Å². The molecule has 4 nitrogen and oxygen atoms in total. The largest absolute Gasteiger partial charge is 0.478 e. The quantitative estimate of drug-likeness (QED) is 0.752. The predicted octanol–water partition coefficient (Wildman–Crippen LogP) is 1.49. The van der Waals surface area contributed by atoms with Crippen molar-refractivity contribution in [2.24, 2.45) is 0 Å². The lowest BCUT2D eigenvalue weighted by Gasteiger charge is -2.06. The van der Waals surface area contributed by atoms with Crippen LogP contribution in [0.4, 0.5) is 0 Å². The predicted molar refractivity (Wildman–Crippen MR) is 50.3 cm³/mol. The minimum atomic E-state index is -1.06. The second-order valence-corrected chi connectivity index (χ2v) is 3.91. The number of carbonyl (C=O) groups is 2. The van der Waals surface area contributed by atoms with Crippen LogP contribution in [0, 0.1) is 0 Å². The van der Waals surface area contributed by atoms with Crippen molar-refractivity contribution in [1.29, 1.82) is 0 Å². The highest BCUT2D eigenvalue weighted by molar-refractivity contribution is 6.11. The maximum atomic E-state index is 11.8. The van der Waals surface area contributed by atoms with Crippen LogP contribution in [-0.2, 0) is 0 Å². The number of hydrogen-bond donors (Lipinski definition) is 1. The molecule has 0 radical (unpaired) electrons. The molecule has 1 N–H and O–H groups in total. The van der Waals surface area contributed by atoms with Gasteiger partial charge in [-0.15, -0.1) is 0 Å². The smallest absolute Gasteiger partial charge is 0.339 e. The Kier molecular flexibility index (Phi) is 1.35. The summed E-state index contributed by atoms with van der Waals surface area (Å²) in [4.78, 5) is 22.7. The van der Waals surface area contributed by atoms with E-state index >= 15 is 0 Å². The topological polar surface area (TPSA) is 63.6 Å². The third-order valence-electron chi connectivity index (χ3n) is 2.91. The van der Waals surface area contributed by atoms with E-state index in [2.05, 4.69) is 0 Å². The molecule has 1 aromatic carbocycles. The molecule has 3 rings (SSSR count). The first-order valence-electron chi connectivity index (χ1n) is 4.74. The van der Waals surface area contributed by atoms with Crippen LogP contribution in [0.25, 0.3) is 0 Å². The fourth-order valence-electron chi connectivity index (χ4n) is 1.92. The van der Waals surface area contributed by atoms with Crippen molar-refractivity contribution in [3.63, 3.8) is 0 Å². The molecule has 1 aliphatic carbocycles. The molecule has 4 heteroatoms. The zero-order chi connectivity index (χ0) is 10.6. The maximum Gasteiger partial charge on any atom is 0.339 e. The summed E-state index contributed by atoms with van der Waals surface area (Å²) < 4.78 is 5.48. The summed E-state index contributed by atoms with van der Waals surface area (Å²) in [6.45, 7) is 0. The molecule has 0 saturated heterocycles. The number of carboxylic acids is 1. The molecule has 76 valence electrons. The number of ether oxygens (including phenoxy) is 1. The third-order valence-corrected chi connectivity index (χ3v) is 2.91. The van der Waals surface area contributed by atoms with Crippen LogP contribution in [0.1, 0.15) is 33.6 Å². The maximum absolute atomic E-state index is 11.8. The zero-order valence-corrected chi connectivity index (χ0v) is 7.82. The molecule has 1 aliphatic heterocycles. The van der Waals surface area contributed by atoms with Gasteiger partial charge in [0.05, 0.1) is 5.56 Å². The first kappa shape index (κ1) is 8.47. The highest BCUT2D eigenvalue weighted by Gasteiger charge is 2.58. The first-order valence-corrected chi connectivity index (χ1v) is 4.74. The highest BCUT2D eigenvalue weighted by Crippen LogP contribution is 2.50. The van der Waals surface area contributed by atoms with Crippen molar-refractivity contribution in [3.05, 3.63) is 29.3 Å². The summed E-state index contributed by atoms with van der Waals surface area (Å²) >= 11 is 0. The van der Waals surface area contributed by atoms with Gasteiger partial charge in [0.15, 0.2) is 5.60 Å². The highest BCUT2D eigenvalue weighted by atomic mass is 16.5. The van der Waals surface area contributed by atoms with Gasteiger partial charge in [0.1, 0.15) is 11.3 Å². The van der Waals surface area contributed by atoms with Gasteiger partial charge in [0, 0.05) is 0 Å². The Morgan fingerprint density at radius 2 is 2.13 bits per heavy atom. The van der Waals surface area contributed by atoms with Crippen LogP contribution in [0.2, 0.25) is 0 Å². The molecule has 2 aliphatic rings. The van der Waals surface area contributed by atoms with Gasteiger partial charge in [-0.1, -0.05) is 6.07 Å². The lowest BCUT2D eigenvalue weighted by Crippen LogP contribution is -2.21. The first-order chi connectivity index (χ1) is 7.14. The van der Waals surface area contributed by atoms with Gasteiger partial charge in [0.25, 0.3) is 0 Å². The second kappa shape index (κ2) is 2.39. The van der Waals surface area contributed by atoms with E-state index in [4.69, 9.17) is 9.84 Å². The Morgan fingerprint density at radius 1 is 1.40 bits per heavy atom. The van der Waals surface area contributed by atoms with Crippen molar-refractivity contribution in [2.75, 3.05) is 0 Å². The number of rotatable bonds is 1. The SMILES string of the molecule is O=C(O)c1cccc2c1OC1(CC1)C2=O. The van der Waals surface area contributed by atoms with E-state index in [0.717, 1.165) is 0 Å². The van der Waals surface area contributed by atoms with E-state index in [9.17, 15) is 9.59 Å². The monoisotopic (exact) mass is 204 g/mol. The second-order valence-electron chi connectivity index (χ2n) is 3.91. The van der Waals surface area contributed by atoms with E-state index in [1.54, 1.807) is 12.1 Å². The number of Topliss-reactive ketones (excluding diaryl/α,β-unsaturated/α-hetero) is 1. The Hall–Kier alpha value is -1.84. The number of aromatic carboxylic acids is 1. The molecular weight excluding hydrogens is 196 g/mol. The van der Waals surface area contributed by atoms with Crippen LogP contribution < -0.4 is 4.74 Å². The molecule has 0 amide bonds. The fraction of sp³-hybridized carbons (Fsp3) is 0.273. The van der Waals surface area contributed by atoms with Gasteiger partial charge in [-0.2, -0.15) is 0 Å². The van der Waals surface area contributed by atoms with Crippen molar-refractivity contribution >= 4 is 11.8 Å². The Labute approximate surface area is 85.5 Å². The van der Waals surface area contributed by atoms with Crippen molar-refractivity contribution in [2.45, 2.75) is 18.4 Å². The number of hydrogen-bond acceptors (Lipinski definition) is 3. The molecule has 0 atom stereocenters. The van der Waals surface area contributed by atoms with Crippen LogP contribution in [0.15, 0.2) is 18.2 Å². The summed E-state index contributed by atoms with van der Waals surface area (Å²) in [5, 5.41) is 8.93. The van der Waals surface area contributed by atoms with Crippen LogP contribution in [-0.4, -0.2) is 22.5 Å². The summed E-state index contributed by atoms with van der Waals surface area (Å²) in [7, 11) is 0. The average Bonchev–Trinajstić information content (AvgIpc) is 2.91. The minimum absolute atomic E-state index is 0.0689. The molecular formula is C11H8O4. The van der Waals surface area contributed by atoms with Gasteiger partial charge >= 0.3 is 5.97 Å². The number of para-hydroxylation sites is 1. The summed E-state index contributed by atoms with van der Waals surface area (Å²) in [6, 6.07) is 4.65. The van der Waals surface area contributed by atoms with Crippen LogP contribution >= 0.6 is 0 Å². The number of carboxylic acid groups (broad SMARTS) is 1. The van der Waals surface area contributed by atoms with Gasteiger partial charge in [0.2, 0.25) is 5.78 Å². The van der Waals surface area contributed by atoms with Crippen molar-refractivity contribution in [3.8, 4) is 5.75 Å². The lowest BCUT2D eigenvalue weighted by atomic mass is 10.0. The lowest BCUT2D eigenvalue weighted by molar-refractivity contribution is 0.0683. The van der Waals surface area contributed by atoms with Crippen molar-refractivity contribution in [1.82, 2.24) is 0 Å². The van der Waals surface area contributed by atoms with Crippen LogP contribution in [0.5, 0.6) is 5.75 Å². The Balaban J connectivity index is 2.20. The van der Waals surface area contributed by atoms with E-state index in [1.165, 1.54) is 6.07 Å². The van der Waals surface area contributed by atoms with Gasteiger partial charge < -0.3 is 9.84 Å². The Morgan fingerprint density at radius 3 is 2.73 bits per heavy atom. The molecule has 1 spiro atoms. The molecule has 0 unspecified atom stereocenters. The fourth-order valence-corrected chi connectivity index (χ4v) is 1.92. The molecule has 1 saturated carbocycles. The van der Waals surface area contributed by atoms with E-state index in [-0.39, 0.29) is 17.1 Å². The zero-order valence-electron chi connectivity index (χ0n) is 7.82. The van der Waals surface area contributed by atoms with Gasteiger partial charge in [-0.05, 0) is 25.0 Å². The summed E-state index contributed by atoms with van der Waals surface area (Å²) in [5.74, 6) is -0.884. The molecule has 0 bridgehead atoms. The van der Waals surface area contributed by atoms with Gasteiger partial charge in [-0.3, -0.25) is 4.79 Å². The number of benzene rings is 1. The van der Waals surface area contributed by atoms with E-state index < -0.39 is 11.6 Å². The number of carbonyl (C=O) groups excluding carboxylic acids is 1. The minimum Gasteiger partial charge on any atom is -0.478 e. The van der Waals surface area contributed by atoms with E-state index in [0.29, 0.717) is 18.4 Å². The average molecular weight is 204 g/mol. The van der Waals surface area contributed by atoms with Gasteiger partial charge in [-0.25, -0.2) is 4.79 Å². The third kappa shape index (κ3) is 0.960. The molecule has 1 aromatic rings. The van der Waals surface area contributed by atoms with Crippen LogP contribution in [0.3, 0.4) is 0 Å². The summed E-state index contributed by atoms with van der Waals surface area (Å²) in [6.07, 6.45) is 1.39. The Bertz CT molecular complexity index is 485. The normalized spacial score (nSPS) is 19.9. The molecule has 1 heterocycles. The molecule has 1 fully saturated rings.